The number of anilines is 1. The number of carbonyl (C=O) groups excluding carboxylic acids is 2. The molecule has 144 valence electrons. The predicted octanol–water partition coefficient (Wildman–Crippen LogP) is 4.19. The molecule has 2 aromatic rings. The van der Waals surface area contributed by atoms with Gasteiger partial charge in [0, 0.05) is 38.8 Å². The van der Waals surface area contributed by atoms with Crippen LogP contribution in [0.1, 0.15) is 37.2 Å². The first kappa shape index (κ1) is 19.4. The summed E-state index contributed by atoms with van der Waals surface area (Å²) in [7, 11) is 3.92. The monoisotopic (exact) mass is 396 g/mol. The van der Waals surface area contributed by atoms with Crippen molar-refractivity contribution in [2.45, 2.75) is 18.5 Å². The molecule has 0 N–H and O–H groups in total. The molecular weight excluding hydrogens is 377 g/mol. The number of rotatable bonds is 4. The molecule has 0 bridgehead atoms. The Morgan fingerprint density at radius 2 is 1.70 bits per heavy atom. The topological polar surface area (TPSA) is 40.6 Å². The fraction of sp³-hybridized carbons (Fsp3) is 0.368. The van der Waals surface area contributed by atoms with Gasteiger partial charge < -0.3 is 9.80 Å². The maximum absolute atomic E-state index is 12.6. The number of thiophene rings is 1. The molecule has 1 unspecified atom stereocenters. The van der Waals surface area contributed by atoms with Gasteiger partial charge in [0.2, 0.25) is 0 Å². The third kappa shape index (κ3) is 4.16. The molecular formula is C19H19F3N2O2S. The van der Waals surface area contributed by atoms with Crippen LogP contribution >= 0.6 is 11.3 Å². The zero-order chi connectivity index (χ0) is 19.8. The highest BCUT2D eigenvalue weighted by atomic mass is 32.1. The van der Waals surface area contributed by atoms with Crippen molar-refractivity contribution in [1.29, 1.82) is 0 Å². The Hall–Kier alpha value is -2.35. The number of halogens is 3. The fourth-order valence-corrected chi connectivity index (χ4v) is 4.07. The maximum atomic E-state index is 12.6. The molecule has 1 saturated heterocycles. The van der Waals surface area contributed by atoms with Crippen LogP contribution in [0, 0.1) is 0 Å². The van der Waals surface area contributed by atoms with E-state index in [1.807, 2.05) is 43.3 Å². The number of Topliss-reactive ketones (excluding diaryl/α,β-unsaturated/α-hetero) is 1. The summed E-state index contributed by atoms with van der Waals surface area (Å²) in [6.07, 6.45) is -4.13. The molecule has 1 aliphatic rings. The minimum absolute atomic E-state index is 0.159. The van der Waals surface area contributed by atoms with Crippen molar-refractivity contribution in [2.24, 2.45) is 0 Å². The number of amides is 1. The van der Waals surface area contributed by atoms with Gasteiger partial charge in [-0.2, -0.15) is 13.2 Å². The Balaban J connectivity index is 1.67. The summed E-state index contributed by atoms with van der Waals surface area (Å²) >= 11 is 0.599. The first-order valence-corrected chi connectivity index (χ1v) is 9.26. The number of hydrogen-bond donors (Lipinski definition) is 0. The van der Waals surface area contributed by atoms with Gasteiger partial charge in [0.25, 0.3) is 11.7 Å². The number of likely N-dealkylation sites (tertiary alicyclic amines) is 1. The Labute approximate surface area is 159 Å². The standard InChI is InChI=1S/C19H19F3N2O2S/c1-23(2)14-5-3-12(4-6-14)13-9-10-24(11-13)18(26)16-8-7-15(27-16)17(25)19(20,21)22/h3-8,13H,9-11H2,1-2H3. The lowest BCUT2D eigenvalue weighted by Gasteiger charge is -2.17. The molecule has 1 aromatic carbocycles. The van der Waals surface area contributed by atoms with Gasteiger partial charge in [-0.1, -0.05) is 12.1 Å². The largest absolute Gasteiger partial charge is 0.455 e. The van der Waals surface area contributed by atoms with Crippen molar-refractivity contribution in [3.05, 3.63) is 51.7 Å². The van der Waals surface area contributed by atoms with E-state index in [1.165, 1.54) is 6.07 Å². The van der Waals surface area contributed by atoms with E-state index in [4.69, 9.17) is 0 Å². The lowest BCUT2D eigenvalue weighted by molar-refractivity contribution is -0.0882. The molecule has 1 aromatic heterocycles. The lowest BCUT2D eigenvalue weighted by atomic mass is 9.98. The first-order chi connectivity index (χ1) is 12.7. The van der Waals surface area contributed by atoms with Crippen LogP contribution in [0.15, 0.2) is 36.4 Å². The molecule has 0 spiro atoms. The summed E-state index contributed by atoms with van der Waals surface area (Å²) in [5.41, 5.74) is 2.22. The minimum atomic E-state index is -4.93. The van der Waals surface area contributed by atoms with Gasteiger partial charge >= 0.3 is 6.18 Å². The molecule has 0 saturated carbocycles. The van der Waals surface area contributed by atoms with Crippen molar-refractivity contribution in [2.75, 3.05) is 32.1 Å². The van der Waals surface area contributed by atoms with E-state index in [0.29, 0.717) is 24.4 Å². The van der Waals surface area contributed by atoms with Crippen LogP contribution in [-0.2, 0) is 0 Å². The molecule has 4 nitrogen and oxygen atoms in total. The number of hydrogen-bond acceptors (Lipinski definition) is 4. The SMILES string of the molecule is CN(C)c1ccc(C2CCN(C(=O)c3ccc(C(=O)C(F)(F)F)s3)C2)cc1. The van der Waals surface area contributed by atoms with Crippen LogP contribution in [-0.4, -0.2) is 50.0 Å². The molecule has 3 rings (SSSR count). The maximum Gasteiger partial charge on any atom is 0.455 e. The van der Waals surface area contributed by atoms with Gasteiger partial charge in [-0.3, -0.25) is 9.59 Å². The molecule has 8 heteroatoms. The van der Waals surface area contributed by atoms with Crippen LogP contribution in [0.3, 0.4) is 0 Å². The van der Waals surface area contributed by atoms with E-state index in [-0.39, 0.29) is 16.7 Å². The molecule has 1 atom stereocenters. The van der Waals surface area contributed by atoms with E-state index in [1.54, 1.807) is 4.90 Å². The summed E-state index contributed by atoms with van der Waals surface area (Å²) in [6.45, 7) is 1.06. The second-order valence-corrected chi connectivity index (χ2v) is 7.80. The highest BCUT2D eigenvalue weighted by Gasteiger charge is 2.40. The summed E-state index contributed by atoms with van der Waals surface area (Å²) in [4.78, 5) is 27.2. The van der Waals surface area contributed by atoms with Gasteiger partial charge in [0.15, 0.2) is 0 Å². The summed E-state index contributed by atoms with van der Waals surface area (Å²) < 4.78 is 37.6. The van der Waals surface area contributed by atoms with Crippen molar-refractivity contribution < 1.29 is 22.8 Å². The highest BCUT2D eigenvalue weighted by molar-refractivity contribution is 7.16. The average molecular weight is 396 g/mol. The molecule has 1 amide bonds. The molecule has 27 heavy (non-hydrogen) atoms. The number of benzene rings is 1. The van der Waals surface area contributed by atoms with Crippen LogP contribution < -0.4 is 4.90 Å². The third-order valence-electron chi connectivity index (χ3n) is 4.65. The first-order valence-electron chi connectivity index (χ1n) is 8.44. The Morgan fingerprint density at radius 3 is 2.30 bits per heavy atom. The van der Waals surface area contributed by atoms with Crippen LogP contribution in [0.5, 0.6) is 0 Å². The number of carbonyl (C=O) groups is 2. The van der Waals surface area contributed by atoms with E-state index in [9.17, 15) is 22.8 Å². The van der Waals surface area contributed by atoms with Gasteiger partial charge in [0.1, 0.15) is 0 Å². The molecule has 1 aliphatic heterocycles. The zero-order valence-corrected chi connectivity index (χ0v) is 15.7. The van der Waals surface area contributed by atoms with Crippen molar-refractivity contribution in [3.8, 4) is 0 Å². The highest BCUT2D eigenvalue weighted by Crippen LogP contribution is 2.31. The molecule has 0 aliphatic carbocycles. The zero-order valence-electron chi connectivity index (χ0n) is 14.9. The summed E-state index contributed by atoms with van der Waals surface area (Å²) in [6, 6.07) is 10.5. The van der Waals surface area contributed by atoms with Crippen LogP contribution in [0.4, 0.5) is 18.9 Å². The molecule has 0 radical (unpaired) electrons. The summed E-state index contributed by atoms with van der Waals surface area (Å²) in [5.74, 6) is -2.04. The Kier molecular flexibility index (Phi) is 5.28. The second kappa shape index (κ2) is 7.34. The van der Waals surface area contributed by atoms with E-state index in [0.717, 1.165) is 23.7 Å². The third-order valence-corrected chi connectivity index (χ3v) is 5.73. The quantitative estimate of drug-likeness (QED) is 0.728. The molecule has 2 heterocycles. The minimum Gasteiger partial charge on any atom is -0.378 e. The average Bonchev–Trinajstić information content (AvgIpc) is 3.29. The van der Waals surface area contributed by atoms with E-state index >= 15 is 0 Å². The van der Waals surface area contributed by atoms with E-state index < -0.39 is 16.8 Å². The number of alkyl halides is 3. The fourth-order valence-electron chi connectivity index (χ4n) is 3.13. The normalized spacial score (nSPS) is 17.2. The lowest BCUT2D eigenvalue weighted by Crippen LogP contribution is -2.27. The van der Waals surface area contributed by atoms with Crippen LogP contribution in [0.25, 0.3) is 0 Å². The van der Waals surface area contributed by atoms with Gasteiger partial charge in [-0.25, -0.2) is 0 Å². The van der Waals surface area contributed by atoms with Gasteiger partial charge in [-0.15, -0.1) is 11.3 Å². The van der Waals surface area contributed by atoms with Gasteiger partial charge in [-0.05, 0) is 36.2 Å². The smallest absolute Gasteiger partial charge is 0.378 e. The summed E-state index contributed by atoms with van der Waals surface area (Å²) in [5, 5.41) is 0. The van der Waals surface area contributed by atoms with Crippen LogP contribution in [0.2, 0.25) is 0 Å². The second-order valence-electron chi connectivity index (χ2n) is 6.71. The van der Waals surface area contributed by atoms with E-state index in [2.05, 4.69) is 0 Å². The van der Waals surface area contributed by atoms with Crippen molar-refractivity contribution in [1.82, 2.24) is 4.90 Å². The Bertz CT molecular complexity index is 843. The Morgan fingerprint density at radius 1 is 1.07 bits per heavy atom. The van der Waals surface area contributed by atoms with Crippen molar-refractivity contribution >= 4 is 28.7 Å². The predicted molar refractivity (Wildman–Crippen MR) is 98.7 cm³/mol. The molecule has 1 fully saturated rings. The van der Waals surface area contributed by atoms with Crippen molar-refractivity contribution in [3.63, 3.8) is 0 Å². The number of ketones is 1. The number of nitrogens with zero attached hydrogens (tertiary/aromatic N) is 2. The van der Waals surface area contributed by atoms with Gasteiger partial charge in [0.05, 0.1) is 9.75 Å².